The van der Waals surface area contributed by atoms with E-state index in [0.717, 1.165) is 10.9 Å². The van der Waals surface area contributed by atoms with Crippen molar-refractivity contribution in [3.05, 3.63) is 30.5 Å². The van der Waals surface area contributed by atoms with Gasteiger partial charge in [0.1, 0.15) is 0 Å². The number of hydrogen-bond acceptors (Lipinski definition) is 2. The molecule has 0 aliphatic carbocycles. The zero-order valence-corrected chi connectivity index (χ0v) is 7.43. The first-order valence-corrected chi connectivity index (χ1v) is 4.77. The first-order chi connectivity index (χ1) is 6.27. The van der Waals surface area contributed by atoms with Gasteiger partial charge in [0.15, 0.2) is 0 Å². The van der Waals surface area contributed by atoms with Gasteiger partial charge >= 0.3 is 0 Å². The van der Waals surface area contributed by atoms with Crippen LogP contribution in [-0.2, 0) is 11.3 Å². The van der Waals surface area contributed by atoms with Gasteiger partial charge in [-0.3, -0.25) is 4.21 Å². The van der Waals surface area contributed by atoms with Gasteiger partial charge in [0.05, 0.1) is 5.69 Å². The average Bonchev–Trinajstić information content (AvgIpc) is 2.48. The summed E-state index contributed by atoms with van der Waals surface area (Å²) in [6.07, 6.45) is 1.63. The lowest BCUT2D eigenvalue weighted by atomic mass is 10.2. The predicted molar refractivity (Wildman–Crippen MR) is 50.8 cm³/mol. The lowest BCUT2D eigenvalue weighted by Gasteiger charge is -2.05. The van der Waals surface area contributed by atoms with E-state index < -0.39 is 11.3 Å². The van der Waals surface area contributed by atoms with E-state index in [0.29, 0.717) is 5.69 Å². The van der Waals surface area contributed by atoms with Crippen molar-refractivity contribution in [3.8, 4) is 0 Å². The van der Waals surface area contributed by atoms with Gasteiger partial charge in [0, 0.05) is 28.4 Å². The summed E-state index contributed by atoms with van der Waals surface area (Å²) in [7, 11) is 0. The maximum Gasteiger partial charge on any atom is 0.0707 e. The van der Waals surface area contributed by atoms with Crippen molar-refractivity contribution in [1.82, 2.24) is 4.98 Å². The van der Waals surface area contributed by atoms with Crippen molar-refractivity contribution < 1.29 is 8.76 Å². The van der Waals surface area contributed by atoms with Gasteiger partial charge in [0.25, 0.3) is 0 Å². The molecular formula is C8H7N2O2S-. The van der Waals surface area contributed by atoms with Crippen molar-refractivity contribution in [3.63, 3.8) is 0 Å². The molecule has 0 aliphatic heterocycles. The lowest BCUT2D eigenvalue weighted by Crippen LogP contribution is -2.00. The van der Waals surface area contributed by atoms with E-state index >= 15 is 0 Å². The van der Waals surface area contributed by atoms with Gasteiger partial charge in [-0.2, -0.15) is 0 Å². The molecule has 2 N–H and O–H groups in total. The Labute approximate surface area is 77.4 Å². The monoisotopic (exact) mass is 195 g/mol. The second-order valence-corrected chi connectivity index (χ2v) is 3.26. The fraction of sp³-hybridized carbons (Fsp3) is 0. The summed E-state index contributed by atoms with van der Waals surface area (Å²) < 4.78 is 23.1. The minimum Gasteiger partial charge on any atom is -0.755 e. The highest BCUT2D eigenvalue weighted by Crippen LogP contribution is 2.22. The van der Waals surface area contributed by atoms with Crippen molar-refractivity contribution in [2.45, 2.75) is 0 Å². The minimum absolute atomic E-state index is 0.573. The minimum atomic E-state index is -2.27. The number of aromatic amines is 1. The van der Waals surface area contributed by atoms with Crippen LogP contribution in [-0.4, -0.2) is 13.7 Å². The molecule has 13 heavy (non-hydrogen) atoms. The number of rotatable bonds is 2. The molecule has 0 saturated heterocycles. The topological polar surface area (TPSA) is 67.9 Å². The number of aromatic nitrogens is 1. The molecule has 1 atom stereocenters. The van der Waals surface area contributed by atoms with E-state index in [1.807, 2.05) is 24.3 Å². The van der Waals surface area contributed by atoms with Gasteiger partial charge < -0.3 is 14.3 Å². The highest BCUT2D eigenvalue weighted by atomic mass is 32.2. The van der Waals surface area contributed by atoms with Gasteiger partial charge in [-0.05, 0) is 6.07 Å². The molecule has 1 aromatic carbocycles. The first kappa shape index (κ1) is 8.28. The predicted octanol–water partition coefficient (Wildman–Crippen LogP) is 1.37. The van der Waals surface area contributed by atoms with E-state index in [1.165, 1.54) is 0 Å². The average molecular weight is 195 g/mol. The van der Waals surface area contributed by atoms with Crippen LogP contribution in [0, 0.1) is 0 Å². The van der Waals surface area contributed by atoms with Gasteiger partial charge in [-0.25, -0.2) is 0 Å². The van der Waals surface area contributed by atoms with Crippen molar-refractivity contribution in [2.24, 2.45) is 0 Å². The largest absolute Gasteiger partial charge is 0.755 e. The molecule has 0 fully saturated rings. The molecule has 5 heteroatoms. The van der Waals surface area contributed by atoms with Crippen LogP contribution >= 0.6 is 0 Å². The van der Waals surface area contributed by atoms with Crippen LogP contribution in [0.2, 0.25) is 0 Å². The third-order valence-electron chi connectivity index (χ3n) is 1.78. The molecule has 0 bridgehead atoms. The highest BCUT2D eigenvalue weighted by Gasteiger charge is 2.00. The third-order valence-corrected chi connectivity index (χ3v) is 2.17. The Hall–Kier alpha value is -1.33. The normalized spacial score (nSPS) is 13.0. The number of para-hydroxylation sites is 1. The number of anilines is 1. The third kappa shape index (κ3) is 1.56. The summed E-state index contributed by atoms with van der Waals surface area (Å²) in [6, 6.07) is 7.47. The standard InChI is InChI=1S/C8H8N2O2S/c11-13(12)10-8-5-9-7-4-2-1-3-6(7)8/h1-5,9-10H,(H,11,12)/p-1. The lowest BCUT2D eigenvalue weighted by molar-refractivity contribution is 0.542. The molecule has 0 saturated carbocycles. The van der Waals surface area contributed by atoms with Crippen LogP contribution in [0.3, 0.4) is 0 Å². The molecule has 0 radical (unpaired) electrons. The van der Waals surface area contributed by atoms with Crippen molar-refractivity contribution >= 4 is 27.9 Å². The summed E-state index contributed by atoms with van der Waals surface area (Å²) in [5.41, 5.74) is 1.49. The molecule has 0 spiro atoms. The Kier molecular flexibility index (Phi) is 2.03. The van der Waals surface area contributed by atoms with E-state index in [9.17, 15) is 8.76 Å². The molecule has 2 rings (SSSR count). The maximum absolute atomic E-state index is 10.4. The van der Waals surface area contributed by atoms with Crippen molar-refractivity contribution in [1.29, 1.82) is 0 Å². The second kappa shape index (κ2) is 3.20. The van der Waals surface area contributed by atoms with Gasteiger partial charge in [-0.15, -0.1) is 0 Å². The van der Waals surface area contributed by atoms with E-state index in [1.54, 1.807) is 6.20 Å². The SMILES string of the molecule is O=S([O-])Nc1c[nH]c2ccccc12. The number of fused-ring (bicyclic) bond motifs is 1. The Morgan fingerprint density at radius 3 is 2.92 bits per heavy atom. The smallest absolute Gasteiger partial charge is 0.0707 e. The van der Waals surface area contributed by atoms with Crippen molar-refractivity contribution in [2.75, 3.05) is 4.72 Å². The molecule has 1 unspecified atom stereocenters. The molecule has 0 aliphatic rings. The molecule has 2 aromatic rings. The zero-order chi connectivity index (χ0) is 9.26. The summed E-state index contributed by atoms with van der Waals surface area (Å²) in [6.45, 7) is 0. The maximum atomic E-state index is 10.4. The molecule has 1 heterocycles. The van der Waals surface area contributed by atoms with Crippen LogP contribution in [0.15, 0.2) is 30.5 Å². The summed E-state index contributed by atoms with van der Waals surface area (Å²) in [5.74, 6) is 0. The number of nitrogens with one attached hydrogen (secondary N) is 2. The van der Waals surface area contributed by atoms with E-state index in [2.05, 4.69) is 9.71 Å². The quantitative estimate of drug-likeness (QED) is 0.711. The summed E-state index contributed by atoms with van der Waals surface area (Å²) >= 11 is -2.27. The Morgan fingerprint density at radius 2 is 2.15 bits per heavy atom. The molecule has 0 amide bonds. The summed E-state index contributed by atoms with van der Waals surface area (Å²) in [5, 5.41) is 0.867. The molecule has 1 aromatic heterocycles. The van der Waals surface area contributed by atoms with Crippen LogP contribution < -0.4 is 4.72 Å². The van der Waals surface area contributed by atoms with Crippen LogP contribution in [0.1, 0.15) is 0 Å². The Bertz CT molecular complexity index is 452. The Balaban J connectivity index is 2.51. The zero-order valence-electron chi connectivity index (χ0n) is 6.61. The van der Waals surface area contributed by atoms with Crippen LogP contribution in [0.5, 0.6) is 0 Å². The highest BCUT2D eigenvalue weighted by molar-refractivity contribution is 7.80. The first-order valence-electron chi connectivity index (χ1n) is 3.69. The number of benzene rings is 1. The number of H-pyrrole nitrogens is 1. The van der Waals surface area contributed by atoms with Crippen LogP contribution in [0.4, 0.5) is 5.69 Å². The number of hydrogen-bond donors (Lipinski definition) is 2. The van der Waals surface area contributed by atoms with Gasteiger partial charge in [-0.1, -0.05) is 18.2 Å². The van der Waals surface area contributed by atoms with E-state index in [4.69, 9.17) is 0 Å². The second-order valence-electron chi connectivity index (χ2n) is 2.58. The van der Waals surface area contributed by atoms with Crippen LogP contribution in [0.25, 0.3) is 10.9 Å². The van der Waals surface area contributed by atoms with E-state index in [-0.39, 0.29) is 0 Å². The Morgan fingerprint density at radius 1 is 1.38 bits per heavy atom. The fourth-order valence-electron chi connectivity index (χ4n) is 1.25. The van der Waals surface area contributed by atoms with Gasteiger partial charge in [0.2, 0.25) is 0 Å². The molecule has 68 valence electrons. The molecule has 4 nitrogen and oxygen atoms in total. The molecular weight excluding hydrogens is 188 g/mol. The summed E-state index contributed by atoms with van der Waals surface area (Å²) in [4.78, 5) is 2.96. The fourth-order valence-corrected chi connectivity index (χ4v) is 1.59.